The van der Waals surface area contributed by atoms with Crippen molar-refractivity contribution in [1.82, 2.24) is 14.8 Å². The van der Waals surface area contributed by atoms with E-state index in [1.165, 1.54) is 15.9 Å². The molecule has 1 saturated heterocycles. The number of benzene rings is 2. The number of urea groups is 1. The van der Waals surface area contributed by atoms with Gasteiger partial charge in [-0.3, -0.25) is 14.5 Å². The molecule has 3 heterocycles. The lowest BCUT2D eigenvalue weighted by atomic mass is 10.0. The summed E-state index contributed by atoms with van der Waals surface area (Å²) in [6.07, 6.45) is 0.708. The first kappa shape index (κ1) is 31.4. The van der Waals surface area contributed by atoms with Crippen LogP contribution in [0.25, 0.3) is 0 Å². The molecule has 43 heavy (non-hydrogen) atoms. The van der Waals surface area contributed by atoms with Crippen molar-refractivity contribution in [3.8, 4) is 5.75 Å². The maximum Gasteiger partial charge on any atom is 0.362 e. The zero-order valence-corrected chi connectivity index (χ0v) is 25.8. The van der Waals surface area contributed by atoms with Crippen LogP contribution in [0.2, 0.25) is 10.0 Å². The molecule has 2 N–H and O–H groups in total. The van der Waals surface area contributed by atoms with Gasteiger partial charge in [0.05, 0.1) is 20.6 Å². The number of halogens is 6. The van der Waals surface area contributed by atoms with Crippen molar-refractivity contribution in [2.45, 2.75) is 48.5 Å². The number of hydrogen-bond acceptors (Lipinski definition) is 5. The van der Waals surface area contributed by atoms with Gasteiger partial charge in [0, 0.05) is 37.6 Å². The molecule has 0 spiro atoms. The van der Waals surface area contributed by atoms with E-state index in [4.69, 9.17) is 34.8 Å². The summed E-state index contributed by atoms with van der Waals surface area (Å²) in [6.45, 7) is 5.04. The minimum Gasteiger partial charge on any atom is -0.505 e. The van der Waals surface area contributed by atoms with Gasteiger partial charge in [0.25, 0.3) is 11.5 Å². The minimum absolute atomic E-state index is 0.000249. The van der Waals surface area contributed by atoms with Crippen molar-refractivity contribution in [3.63, 3.8) is 0 Å². The molecule has 2 aliphatic heterocycles. The summed E-state index contributed by atoms with van der Waals surface area (Å²) in [4.78, 5) is 46.1. The number of H-pyrrole nitrogens is 1. The molecule has 3 aromatic rings. The van der Waals surface area contributed by atoms with E-state index in [9.17, 15) is 32.7 Å². The smallest absolute Gasteiger partial charge is 0.362 e. The highest BCUT2D eigenvalue weighted by atomic mass is 35.5. The molecule has 2 aromatic carbocycles. The van der Waals surface area contributed by atoms with Crippen LogP contribution < -0.4 is 10.5 Å². The predicted octanol–water partition coefficient (Wildman–Crippen LogP) is 7.08. The fourth-order valence-electron chi connectivity index (χ4n) is 5.20. The summed E-state index contributed by atoms with van der Waals surface area (Å²) >= 11 is 18.0. The predicted molar refractivity (Wildman–Crippen MR) is 158 cm³/mol. The summed E-state index contributed by atoms with van der Waals surface area (Å²) in [5.41, 5.74) is -0.600. The van der Waals surface area contributed by atoms with Crippen LogP contribution in [0.5, 0.6) is 5.75 Å². The number of carbonyl (C=O) groups excluding carboxylic acids is 2. The van der Waals surface area contributed by atoms with Crippen LogP contribution in [0.1, 0.15) is 46.1 Å². The fraction of sp³-hybridized carbons (Fsp3) is 0.321. The van der Waals surface area contributed by atoms with Gasteiger partial charge in [-0.05, 0) is 72.8 Å². The van der Waals surface area contributed by atoms with E-state index in [0.717, 1.165) is 12.1 Å². The zero-order valence-electron chi connectivity index (χ0n) is 22.7. The van der Waals surface area contributed by atoms with Crippen molar-refractivity contribution in [2.24, 2.45) is 0 Å². The first-order valence-corrected chi connectivity index (χ1v) is 15.0. The maximum absolute atomic E-state index is 14.2. The van der Waals surface area contributed by atoms with Crippen molar-refractivity contribution in [3.05, 3.63) is 78.4 Å². The molecule has 0 radical (unpaired) electrons. The molecular weight excluding hydrogens is 652 g/mol. The fourth-order valence-corrected chi connectivity index (χ4v) is 6.94. The number of anilines is 1. The zero-order chi connectivity index (χ0) is 31.4. The van der Waals surface area contributed by atoms with E-state index in [0.29, 0.717) is 60.2 Å². The van der Waals surface area contributed by atoms with Gasteiger partial charge in [-0.2, -0.15) is 8.78 Å². The molecule has 2 aliphatic rings. The first-order chi connectivity index (χ1) is 20.2. The number of phenols is 1. The van der Waals surface area contributed by atoms with Crippen LogP contribution >= 0.6 is 46.6 Å². The SMILES string of the molecule is CCN1CCCN(c2cc3c(c(C)c2O)CN(C(=O)c2c(Sc4c(Cl)ccc(F)c4Cl)cc(C(F)(F)Cl)[nH]c2=O)C3)C1=O. The molecule has 1 aromatic heterocycles. The summed E-state index contributed by atoms with van der Waals surface area (Å²) < 4.78 is 42.4. The first-order valence-electron chi connectivity index (χ1n) is 13.1. The second-order valence-electron chi connectivity index (χ2n) is 10.1. The number of fused-ring (bicyclic) bond motifs is 1. The average Bonchev–Trinajstić information content (AvgIpc) is 3.39. The second kappa shape index (κ2) is 11.8. The number of rotatable bonds is 6. The third-order valence-electron chi connectivity index (χ3n) is 7.46. The van der Waals surface area contributed by atoms with E-state index in [1.807, 2.05) is 11.9 Å². The van der Waals surface area contributed by atoms with Crippen molar-refractivity contribution in [1.29, 1.82) is 0 Å². The Bertz CT molecular complexity index is 1720. The molecule has 0 atom stereocenters. The number of nitrogens with one attached hydrogen (secondary N) is 1. The van der Waals surface area contributed by atoms with Gasteiger partial charge in [0.1, 0.15) is 22.8 Å². The van der Waals surface area contributed by atoms with Crippen LogP contribution in [-0.2, 0) is 18.5 Å². The van der Waals surface area contributed by atoms with Gasteiger partial charge < -0.3 is 19.9 Å². The molecule has 0 aliphatic carbocycles. The number of phenolic OH excluding ortho intramolecular Hbond substituents is 1. The quantitative estimate of drug-likeness (QED) is 0.215. The third-order valence-corrected chi connectivity index (χ3v) is 9.74. The Morgan fingerprint density at radius 3 is 2.56 bits per heavy atom. The largest absolute Gasteiger partial charge is 0.505 e. The molecule has 3 amide bonds. The van der Waals surface area contributed by atoms with Crippen molar-refractivity contribution in [2.75, 3.05) is 24.5 Å². The lowest BCUT2D eigenvalue weighted by Crippen LogP contribution is -2.49. The number of amides is 3. The number of carbonyl (C=O) groups is 2. The number of aromatic nitrogens is 1. The molecule has 1 fully saturated rings. The lowest BCUT2D eigenvalue weighted by molar-refractivity contribution is 0.0740. The van der Waals surface area contributed by atoms with Crippen LogP contribution in [0.15, 0.2) is 38.9 Å². The number of nitrogens with zero attached hydrogens (tertiary/aromatic N) is 3. The van der Waals surface area contributed by atoms with E-state index in [-0.39, 0.29) is 39.7 Å². The van der Waals surface area contributed by atoms with Crippen LogP contribution in [0.4, 0.5) is 23.7 Å². The topological polar surface area (TPSA) is 96.9 Å². The van der Waals surface area contributed by atoms with Gasteiger partial charge in [-0.25, -0.2) is 9.18 Å². The van der Waals surface area contributed by atoms with E-state index >= 15 is 0 Å². The molecule has 5 rings (SSSR count). The Balaban J connectivity index is 1.54. The van der Waals surface area contributed by atoms with Gasteiger partial charge in [0.2, 0.25) is 0 Å². The number of hydrogen-bond donors (Lipinski definition) is 2. The van der Waals surface area contributed by atoms with Crippen LogP contribution in [0.3, 0.4) is 0 Å². The van der Waals surface area contributed by atoms with Crippen molar-refractivity contribution < 1.29 is 27.9 Å². The maximum atomic E-state index is 14.2. The standard InChI is InChI=1S/C28H24Cl3F3N4O4S/c1-3-36-7-4-8-38(27(36)42)18-9-14-11-37(12-15(14)13(2)23(18)39)26(41)21-19(10-20(28(31,33)34)35-25(21)40)43-24-16(29)5-6-17(32)22(24)30/h5-6,9-10,39H,3-4,7-8,11-12H2,1-2H3,(H,35,40). The normalized spacial score (nSPS) is 15.3. The Kier molecular flexibility index (Phi) is 8.60. The second-order valence-corrected chi connectivity index (χ2v) is 12.4. The Labute approximate surface area is 263 Å². The highest BCUT2D eigenvalue weighted by molar-refractivity contribution is 7.99. The minimum atomic E-state index is -3.99. The highest BCUT2D eigenvalue weighted by Gasteiger charge is 2.36. The Morgan fingerprint density at radius 2 is 1.88 bits per heavy atom. The number of pyridine rings is 1. The summed E-state index contributed by atoms with van der Waals surface area (Å²) in [7, 11) is 0. The van der Waals surface area contributed by atoms with Crippen LogP contribution in [0, 0.1) is 12.7 Å². The molecule has 228 valence electrons. The van der Waals surface area contributed by atoms with E-state index in [2.05, 4.69) is 0 Å². The summed E-state index contributed by atoms with van der Waals surface area (Å²) in [5, 5.41) is 6.61. The van der Waals surface area contributed by atoms with E-state index in [1.54, 1.807) is 17.9 Å². The summed E-state index contributed by atoms with van der Waals surface area (Å²) in [6, 6.07) is 4.44. The average molecular weight is 676 g/mol. The lowest BCUT2D eigenvalue weighted by Gasteiger charge is -2.35. The monoisotopic (exact) mass is 674 g/mol. The molecule has 8 nitrogen and oxygen atoms in total. The van der Waals surface area contributed by atoms with Gasteiger partial charge >= 0.3 is 11.4 Å². The molecule has 15 heteroatoms. The Hall–Kier alpha value is -3.06. The number of alkyl halides is 3. The van der Waals surface area contributed by atoms with Gasteiger partial charge in [-0.15, -0.1) is 0 Å². The van der Waals surface area contributed by atoms with Gasteiger partial charge in [-0.1, -0.05) is 35.0 Å². The molecular formula is C28H24Cl3F3N4O4S. The molecule has 0 unspecified atom stereocenters. The third kappa shape index (κ3) is 5.77. The Morgan fingerprint density at radius 1 is 1.16 bits per heavy atom. The number of aromatic hydroxyl groups is 1. The van der Waals surface area contributed by atoms with Crippen LogP contribution in [-0.4, -0.2) is 51.5 Å². The van der Waals surface area contributed by atoms with Gasteiger partial charge in [0.15, 0.2) is 0 Å². The van der Waals surface area contributed by atoms with E-state index < -0.39 is 38.9 Å². The molecule has 0 bridgehead atoms. The summed E-state index contributed by atoms with van der Waals surface area (Å²) in [5.74, 6) is -1.76. The molecule has 0 saturated carbocycles. The van der Waals surface area contributed by atoms with Crippen molar-refractivity contribution >= 4 is 64.2 Å². The highest BCUT2D eigenvalue weighted by Crippen LogP contribution is 2.44. The number of aromatic amines is 1.